The zero-order chi connectivity index (χ0) is 25.5. The van der Waals surface area contributed by atoms with E-state index in [1.165, 1.54) is 0 Å². The highest BCUT2D eigenvalue weighted by Gasteiger charge is 2.28. The number of phenolic OH excluding ortho intramolecular Hbond substituents is 2. The van der Waals surface area contributed by atoms with E-state index in [4.69, 9.17) is 23.2 Å². The summed E-state index contributed by atoms with van der Waals surface area (Å²) in [5, 5.41) is 28.5. The van der Waals surface area contributed by atoms with Crippen molar-refractivity contribution in [3.63, 3.8) is 0 Å². The molecule has 1 aliphatic rings. The van der Waals surface area contributed by atoms with Crippen LogP contribution in [-0.2, 0) is 0 Å². The van der Waals surface area contributed by atoms with Gasteiger partial charge < -0.3 is 20.4 Å². The van der Waals surface area contributed by atoms with Crippen molar-refractivity contribution in [3.8, 4) is 11.5 Å². The van der Waals surface area contributed by atoms with Crippen molar-refractivity contribution in [1.29, 1.82) is 0 Å². The highest BCUT2D eigenvalue weighted by Crippen LogP contribution is 2.47. The first-order valence-electron chi connectivity index (χ1n) is 12.1. The number of fused-ring (bicyclic) bond motifs is 2. The Labute approximate surface area is 224 Å². The zero-order valence-corrected chi connectivity index (χ0v) is 21.3. The minimum atomic E-state index is -0.579. The number of aromatic nitrogens is 2. The molecule has 0 bridgehead atoms. The van der Waals surface area contributed by atoms with E-state index in [1.807, 2.05) is 24.3 Å². The molecule has 0 spiro atoms. The Morgan fingerprint density at radius 2 is 1.27 bits per heavy atom. The second-order valence-electron chi connectivity index (χ2n) is 9.15. The van der Waals surface area contributed by atoms with Gasteiger partial charge in [0.25, 0.3) is 0 Å². The van der Waals surface area contributed by atoms with E-state index in [2.05, 4.69) is 32.3 Å². The number of benzene rings is 3. The van der Waals surface area contributed by atoms with Gasteiger partial charge in [-0.25, -0.2) is 0 Å². The summed E-state index contributed by atoms with van der Waals surface area (Å²) < 4.78 is 0. The molecule has 0 unspecified atom stereocenters. The summed E-state index contributed by atoms with van der Waals surface area (Å²) in [6.45, 7) is 3.75. The zero-order valence-electron chi connectivity index (χ0n) is 19.8. The first-order chi connectivity index (χ1) is 18.0. The maximum absolute atomic E-state index is 11.4. The van der Waals surface area contributed by atoms with Crippen LogP contribution in [0.5, 0.6) is 11.5 Å². The largest absolute Gasteiger partial charge is 0.505 e. The number of halogens is 2. The molecule has 3 aromatic carbocycles. The van der Waals surface area contributed by atoms with Crippen LogP contribution in [0.3, 0.4) is 0 Å². The monoisotopic (exact) mass is 530 g/mol. The van der Waals surface area contributed by atoms with Crippen LogP contribution in [0.4, 0.5) is 5.69 Å². The van der Waals surface area contributed by atoms with Gasteiger partial charge in [0.05, 0.1) is 10.0 Å². The minimum absolute atomic E-state index is 0.00724. The molecule has 0 atom stereocenters. The second-order valence-corrected chi connectivity index (χ2v) is 9.97. The molecular weight excluding hydrogens is 507 g/mol. The van der Waals surface area contributed by atoms with E-state index in [0.29, 0.717) is 43.0 Å². The van der Waals surface area contributed by atoms with Crippen molar-refractivity contribution in [2.24, 2.45) is 0 Å². The molecule has 1 fully saturated rings. The third-order valence-electron chi connectivity index (χ3n) is 7.02. The fourth-order valence-electron chi connectivity index (χ4n) is 5.18. The highest BCUT2D eigenvalue weighted by atomic mass is 35.5. The highest BCUT2D eigenvalue weighted by molar-refractivity contribution is 6.36. The predicted molar refractivity (Wildman–Crippen MR) is 149 cm³/mol. The average molecular weight is 531 g/mol. The third-order valence-corrected chi connectivity index (χ3v) is 7.65. The molecule has 3 heterocycles. The van der Waals surface area contributed by atoms with Gasteiger partial charge in [-0.3, -0.25) is 9.97 Å². The molecule has 5 aromatic rings. The SMILES string of the molecule is Oc1c(C(c2ccc(N3CCNCC3)cc2)c2cc(Cl)c3cccnc3c2O)cc(Cl)c2cccnc12. The van der Waals surface area contributed by atoms with Crippen molar-refractivity contribution < 1.29 is 10.2 Å². The number of pyridine rings is 2. The Hall–Kier alpha value is -3.58. The molecule has 0 saturated carbocycles. The van der Waals surface area contributed by atoms with E-state index in [9.17, 15) is 10.2 Å². The van der Waals surface area contributed by atoms with Crippen LogP contribution in [0, 0.1) is 0 Å². The standard InChI is InChI=1S/C29H24Cl2N4O2/c30-23-15-21(28(36)26-19(23)3-1-9-33-26)25(17-5-7-18(8-6-17)35-13-11-32-12-14-35)22-16-24(31)20-4-2-10-34-27(20)29(22)37/h1-10,15-16,25,32,36-37H,11-14H2. The molecule has 0 amide bonds. The fourth-order valence-corrected chi connectivity index (χ4v) is 5.72. The summed E-state index contributed by atoms with van der Waals surface area (Å²) >= 11 is 13.4. The van der Waals surface area contributed by atoms with Gasteiger partial charge in [-0.2, -0.15) is 0 Å². The van der Waals surface area contributed by atoms with Crippen LogP contribution in [0.25, 0.3) is 21.8 Å². The number of nitrogens with zero attached hydrogens (tertiary/aromatic N) is 3. The van der Waals surface area contributed by atoms with Crippen LogP contribution in [0.2, 0.25) is 10.0 Å². The fraction of sp³-hybridized carbons (Fsp3) is 0.172. The van der Waals surface area contributed by atoms with Crippen molar-refractivity contribution in [2.75, 3.05) is 31.1 Å². The van der Waals surface area contributed by atoms with Gasteiger partial charge >= 0.3 is 0 Å². The summed E-state index contributed by atoms with van der Waals surface area (Å²) in [7, 11) is 0. The van der Waals surface area contributed by atoms with E-state index in [1.54, 1.807) is 36.7 Å². The number of aromatic hydroxyl groups is 2. The summed E-state index contributed by atoms with van der Waals surface area (Å²) in [6.07, 6.45) is 3.24. The topological polar surface area (TPSA) is 81.5 Å². The lowest BCUT2D eigenvalue weighted by Gasteiger charge is -2.30. The van der Waals surface area contributed by atoms with E-state index in [-0.39, 0.29) is 11.5 Å². The van der Waals surface area contributed by atoms with Gasteiger partial charge in [-0.15, -0.1) is 0 Å². The maximum atomic E-state index is 11.4. The molecule has 37 heavy (non-hydrogen) atoms. The molecule has 8 heteroatoms. The number of nitrogens with one attached hydrogen (secondary N) is 1. The lowest BCUT2D eigenvalue weighted by molar-refractivity contribution is 0.464. The first-order valence-corrected chi connectivity index (χ1v) is 12.9. The molecule has 6 nitrogen and oxygen atoms in total. The summed E-state index contributed by atoms with van der Waals surface area (Å²) in [5.41, 5.74) is 3.82. The molecule has 0 aliphatic carbocycles. The van der Waals surface area contributed by atoms with Crippen molar-refractivity contribution in [3.05, 3.63) is 99.8 Å². The van der Waals surface area contributed by atoms with E-state index >= 15 is 0 Å². The van der Waals surface area contributed by atoms with Crippen molar-refractivity contribution in [1.82, 2.24) is 15.3 Å². The number of hydrogen-bond acceptors (Lipinski definition) is 6. The lowest BCUT2D eigenvalue weighted by atomic mass is 9.83. The van der Waals surface area contributed by atoms with Gasteiger partial charge in [0.2, 0.25) is 0 Å². The normalized spacial score (nSPS) is 14.1. The van der Waals surface area contributed by atoms with Crippen molar-refractivity contribution >= 4 is 50.7 Å². The third kappa shape index (κ3) is 4.21. The average Bonchev–Trinajstić information content (AvgIpc) is 2.95. The Balaban J connectivity index is 1.57. The second kappa shape index (κ2) is 9.71. The number of phenols is 2. The Kier molecular flexibility index (Phi) is 6.24. The van der Waals surface area contributed by atoms with Crippen molar-refractivity contribution in [2.45, 2.75) is 5.92 Å². The summed E-state index contributed by atoms with van der Waals surface area (Å²) in [4.78, 5) is 11.1. The summed E-state index contributed by atoms with van der Waals surface area (Å²) in [6, 6.07) is 18.9. The van der Waals surface area contributed by atoms with Gasteiger partial charge in [-0.05, 0) is 54.1 Å². The Bertz CT molecular complexity index is 1530. The number of piperazine rings is 1. The number of hydrogen-bond donors (Lipinski definition) is 3. The van der Waals surface area contributed by atoms with Crippen LogP contribution < -0.4 is 10.2 Å². The lowest BCUT2D eigenvalue weighted by Crippen LogP contribution is -2.43. The van der Waals surface area contributed by atoms with Gasteiger partial charge in [0.1, 0.15) is 22.5 Å². The van der Waals surface area contributed by atoms with Gasteiger partial charge in [-0.1, -0.05) is 35.3 Å². The molecule has 3 N–H and O–H groups in total. The van der Waals surface area contributed by atoms with E-state index in [0.717, 1.165) is 37.4 Å². The summed E-state index contributed by atoms with van der Waals surface area (Å²) in [5.74, 6) is -0.564. The van der Waals surface area contributed by atoms with Crippen LogP contribution >= 0.6 is 23.2 Å². The predicted octanol–water partition coefficient (Wildman–Crippen LogP) is 6.09. The smallest absolute Gasteiger partial charge is 0.146 e. The quantitative estimate of drug-likeness (QED) is 0.244. The molecule has 2 aromatic heterocycles. The van der Waals surface area contributed by atoms with E-state index < -0.39 is 5.92 Å². The molecule has 0 radical (unpaired) electrons. The van der Waals surface area contributed by atoms with Gasteiger partial charge in [0, 0.05) is 72.1 Å². The first kappa shape index (κ1) is 23.8. The number of anilines is 1. The number of rotatable bonds is 4. The molecule has 1 aliphatic heterocycles. The van der Waals surface area contributed by atoms with Crippen LogP contribution in [0.15, 0.2) is 73.1 Å². The van der Waals surface area contributed by atoms with Gasteiger partial charge in [0.15, 0.2) is 0 Å². The minimum Gasteiger partial charge on any atom is -0.505 e. The molecule has 6 rings (SSSR count). The molecule has 1 saturated heterocycles. The molecule has 186 valence electrons. The van der Waals surface area contributed by atoms with Crippen LogP contribution in [-0.4, -0.2) is 46.4 Å². The van der Waals surface area contributed by atoms with Crippen LogP contribution in [0.1, 0.15) is 22.6 Å². The molecular formula is C29H24Cl2N4O2. The Morgan fingerprint density at radius 1 is 0.757 bits per heavy atom. The maximum Gasteiger partial charge on any atom is 0.146 e. The Morgan fingerprint density at radius 3 is 1.78 bits per heavy atom.